The molecule has 0 unspecified atom stereocenters. The Morgan fingerprint density at radius 3 is 2.34 bits per heavy atom. The van der Waals surface area contributed by atoms with Crippen molar-refractivity contribution < 1.29 is 14.3 Å². The van der Waals surface area contributed by atoms with E-state index in [9.17, 15) is 9.59 Å². The zero-order chi connectivity index (χ0) is 21.4. The van der Waals surface area contributed by atoms with Crippen molar-refractivity contribution in [3.05, 3.63) is 63.6 Å². The third kappa shape index (κ3) is 6.65. The van der Waals surface area contributed by atoms with E-state index >= 15 is 0 Å². The number of halogens is 2. The summed E-state index contributed by atoms with van der Waals surface area (Å²) >= 11 is 12.1. The lowest BCUT2D eigenvalue weighted by molar-refractivity contribution is -0.131. The van der Waals surface area contributed by atoms with Crippen molar-refractivity contribution in [3.8, 4) is 5.75 Å². The Labute approximate surface area is 182 Å². The normalized spacial score (nSPS) is 10.5. The van der Waals surface area contributed by atoms with Gasteiger partial charge in [-0.15, -0.1) is 0 Å². The van der Waals surface area contributed by atoms with E-state index in [0.29, 0.717) is 53.9 Å². The molecular formula is C22H26Cl2N2O3. The van der Waals surface area contributed by atoms with Gasteiger partial charge in [0.2, 0.25) is 5.91 Å². The molecule has 0 aliphatic carbocycles. The second-order valence-corrected chi connectivity index (χ2v) is 7.59. The summed E-state index contributed by atoms with van der Waals surface area (Å²) in [7, 11) is 3.44. The van der Waals surface area contributed by atoms with Crippen LogP contribution in [0, 0.1) is 0 Å². The van der Waals surface area contributed by atoms with Crippen molar-refractivity contribution in [2.75, 3.05) is 27.2 Å². The molecule has 0 fully saturated rings. The van der Waals surface area contributed by atoms with E-state index in [1.165, 1.54) is 4.90 Å². The Kier molecular flexibility index (Phi) is 8.80. The molecule has 7 heteroatoms. The van der Waals surface area contributed by atoms with E-state index in [0.717, 1.165) is 5.56 Å². The van der Waals surface area contributed by atoms with Crippen molar-refractivity contribution >= 4 is 35.0 Å². The van der Waals surface area contributed by atoms with E-state index in [-0.39, 0.29) is 11.8 Å². The Morgan fingerprint density at radius 1 is 1.03 bits per heavy atom. The van der Waals surface area contributed by atoms with Crippen molar-refractivity contribution in [3.63, 3.8) is 0 Å². The Bertz CT molecular complexity index is 838. The lowest BCUT2D eigenvalue weighted by Crippen LogP contribution is -2.30. The summed E-state index contributed by atoms with van der Waals surface area (Å²) in [6.07, 6.45) is 0.956. The molecule has 0 N–H and O–H groups in total. The number of carbonyl (C=O) groups is 2. The first-order valence-electron chi connectivity index (χ1n) is 9.48. The van der Waals surface area contributed by atoms with Crippen LogP contribution in [0.4, 0.5) is 0 Å². The molecule has 0 aromatic heterocycles. The molecule has 2 amide bonds. The van der Waals surface area contributed by atoms with Gasteiger partial charge in [0.05, 0.1) is 11.6 Å². The van der Waals surface area contributed by atoms with Gasteiger partial charge in [-0.25, -0.2) is 0 Å². The van der Waals surface area contributed by atoms with Gasteiger partial charge in [-0.3, -0.25) is 9.59 Å². The number of hydrogen-bond donors (Lipinski definition) is 0. The van der Waals surface area contributed by atoms with Gasteiger partial charge < -0.3 is 14.5 Å². The molecule has 5 nitrogen and oxygen atoms in total. The van der Waals surface area contributed by atoms with Crippen molar-refractivity contribution in [1.82, 2.24) is 9.80 Å². The number of hydrogen-bond acceptors (Lipinski definition) is 3. The third-order valence-corrected chi connectivity index (χ3v) is 5.23. The van der Waals surface area contributed by atoms with Gasteiger partial charge in [-0.05, 0) is 43.2 Å². The Balaban J connectivity index is 1.84. The third-order valence-electron chi connectivity index (χ3n) is 4.42. The number of benzene rings is 2. The summed E-state index contributed by atoms with van der Waals surface area (Å²) in [4.78, 5) is 27.8. The van der Waals surface area contributed by atoms with Gasteiger partial charge in [0.25, 0.3) is 5.91 Å². The predicted molar refractivity (Wildman–Crippen MR) is 117 cm³/mol. The van der Waals surface area contributed by atoms with Crippen LogP contribution in [0.5, 0.6) is 5.75 Å². The lowest BCUT2D eigenvalue weighted by Gasteiger charge is -2.21. The Hall–Kier alpha value is -2.24. The maximum Gasteiger partial charge on any atom is 0.253 e. The largest absolute Gasteiger partial charge is 0.492 e. The monoisotopic (exact) mass is 436 g/mol. The fraction of sp³-hybridized carbons (Fsp3) is 0.364. The quantitative estimate of drug-likeness (QED) is 0.525. The molecule has 0 saturated heterocycles. The van der Waals surface area contributed by atoms with Gasteiger partial charge in [0, 0.05) is 39.2 Å². The Morgan fingerprint density at radius 2 is 1.72 bits per heavy atom. The standard InChI is InChI=1S/C22H26Cl2N2O3/c1-4-26(15-16-10-12-17(13-11-16)22(28)25(2)3)20(27)9-6-14-29-19-8-5-7-18(23)21(19)24/h5,7-8,10-13H,4,6,9,14-15H2,1-3H3. The van der Waals surface area contributed by atoms with Crippen LogP contribution in [-0.2, 0) is 11.3 Å². The molecule has 0 atom stereocenters. The maximum absolute atomic E-state index is 12.5. The van der Waals surface area contributed by atoms with E-state index in [2.05, 4.69) is 0 Å². The van der Waals surface area contributed by atoms with E-state index in [4.69, 9.17) is 27.9 Å². The zero-order valence-corrected chi connectivity index (χ0v) is 18.5. The number of amides is 2. The van der Waals surface area contributed by atoms with Gasteiger partial charge >= 0.3 is 0 Å². The smallest absolute Gasteiger partial charge is 0.253 e. The summed E-state index contributed by atoms with van der Waals surface area (Å²) in [6, 6.07) is 12.6. The number of ether oxygens (including phenoxy) is 1. The second-order valence-electron chi connectivity index (χ2n) is 6.81. The van der Waals surface area contributed by atoms with Gasteiger partial charge in [0.15, 0.2) is 0 Å². The van der Waals surface area contributed by atoms with Crippen LogP contribution in [-0.4, -0.2) is 48.9 Å². The maximum atomic E-state index is 12.5. The molecule has 0 spiro atoms. The van der Waals surface area contributed by atoms with Crippen LogP contribution in [0.25, 0.3) is 0 Å². The first-order valence-corrected chi connectivity index (χ1v) is 10.2. The minimum absolute atomic E-state index is 0.0419. The molecule has 0 radical (unpaired) electrons. The highest BCUT2D eigenvalue weighted by Gasteiger charge is 2.13. The first kappa shape index (κ1) is 23.0. The minimum atomic E-state index is -0.0419. The molecule has 0 heterocycles. The summed E-state index contributed by atoms with van der Waals surface area (Å²) in [5, 5.41) is 0.822. The van der Waals surface area contributed by atoms with Crippen LogP contribution < -0.4 is 4.74 Å². The van der Waals surface area contributed by atoms with E-state index in [1.807, 2.05) is 19.1 Å². The molecule has 156 valence electrons. The average Bonchev–Trinajstić information content (AvgIpc) is 2.71. The molecule has 0 bridgehead atoms. The molecule has 29 heavy (non-hydrogen) atoms. The SMILES string of the molecule is CCN(Cc1ccc(C(=O)N(C)C)cc1)C(=O)CCCOc1cccc(Cl)c1Cl. The lowest BCUT2D eigenvalue weighted by atomic mass is 10.1. The summed E-state index contributed by atoms with van der Waals surface area (Å²) in [5.41, 5.74) is 1.61. The summed E-state index contributed by atoms with van der Waals surface area (Å²) in [5.74, 6) is 0.535. The molecule has 0 aliphatic heterocycles. The highest BCUT2D eigenvalue weighted by molar-refractivity contribution is 6.42. The van der Waals surface area contributed by atoms with Gasteiger partial charge in [0.1, 0.15) is 10.8 Å². The summed E-state index contributed by atoms with van der Waals surface area (Å²) in [6.45, 7) is 3.44. The molecule has 2 aromatic rings. The highest BCUT2D eigenvalue weighted by Crippen LogP contribution is 2.31. The van der Waals surface area contributed by atoms with Crippen molar-refractivity contribution in [2.45, 2.75) is 26.3 Å². The summed E-state index contributed by atoms with van der Waals surface area (Å²) < 4.78 is 5.63. The molecule has 0 aliphatic rings. The van der Waals surface area contributed by atoms with Gasteiger partial charge in [-0.2, -0.15) is 0 Å². The number of nitrogens with zero attached hydrogens (tertiary/aromatic N) is 2. The fourth-order valence-electron chi connectivity index (χ4n) is 2.77. The van der Waals surface area contributed by atoms with Crippen LogP contribution in [0.15, 0.2) is 42.5 Å². The van der Waals surface area contributed by atoms with Crippen molar-refractivity contribution in [2.24, 2.45) is 0 Å². The minimum Gasteiger partial charge on any atom is -0.492 e. The topological polar surface area (TPSA) is 49.9 Å². The number of carbonyl (C=O) groups excluding carboxylic acids is 2. The number of rotatable bonds is 9. The van der Waals surface area contributed by atoms with Crippen LogP contribution in [0.2, 0.25) is 10.0 Å². The fourth-order valence-corrected chi connectivity index (χ4v) is 3.11. The van der Waals surface area contributed by atoms with Crippen LogP contribution >= 0.6 is 23.2 Å². The molecule has 0 saturated carbocycles. The highest BCUT2D eigenvalue weighted by atomic mass is 35.5. The zero-order valence-electron chi connectivity index (χ0n) is 17.0. The molecular weight excluding hydrogens is 411 g/mol. The van der Waals surface area contributed by atoms with Crippen molar-refractivity contribution in [1.29, 1.82) is 0 Å². The second kappa shape index (κ2) is 11.1. The van der Waals surface area contributed by atoms with Crippen LogP contribution in [0.1, 0.15) is 35.7 Å². The van der Waals surface area contributed by atoms with Gasteiger partial charge in [-0.1, -0.05) is 41.4 Å². The molecule has 2 aromatic carbocycles. The van der Waals surface area contributed by atoms with Crippen LogP contribution in [0.3, 0.4) is 0 Å². The van der Waals surface area contributed by atoms with E-state index < -0.39 is 0 Å². The first-order chi connectivity index (χ1) is 13.8. The molecule has 2 rings (SSSR count). The van der Waals surface area contributed by atoms with E-state index in [1.54, 1.807) is 49.3 Å². The predicted octanol–water partition coefficient (Wildman–Crippen LogP) is 4.90. The average molecular weight is 437 g/mol.